The van der Waals surface area contributed by atoms with Gasteiger partial charge in [-0.3, -0.25) is 0 Å². The van der Waals surface area contributed by atoms with Crippen LogP contribution in [0.25, 0.3) is 0 Å². The van der Waals surface area contributed by atoms with Crippen LogP contribution in [0.5, 0.6) is 11.5 Å². The normalized spacial score (nSPS) is 24.0. The standard InChI is InChI=1S/C14H21NO3/c1-9(8-16-2)13-7-12(15)11-5-4-10(17-3)6-14(11)18-13/h4-6,9,12-13H,7-8,15H2,1-3H3. The zero-order chi connectivity index (χ0) is 13.1. The molecular formula is C14H21NO3. The largest absolute Gasteiger partial charge is 0.497 e. The molecule has 3 unspecified atom stereocenters. The summed E-state index contributed by atoms with van der Waals surface area (Å²) < 4.78 is 16.4. The summed E-state index contributed by atoms with van der Waals surface area (Å²) in [6.45, 7) is 2.79. The SMILES string of the molecule is COCC(C)C1CC(N)c2ccc(OC)cc2O1. The minimum absolute atomic E-state index is 0.0176. The first-order valence-electron chi connectivity index (χ1n) is 6.24. The molecule has 0 fully saturated rings. The van der Waals surface area contributed by atoms with Gasteiger partial charge in [0.05, 0.1) is 13.7 Å². The summed E-state index contributed by atoms with van der Waals surface area (Å²) in [5.41, 5.74) is 7.25. The molecule has 0 aliphatic carbocycles. The number of fused-ring (bicyclic) bond motifs is 1. The lowest BCUT2D eigenvalue weighted by Gasteiger charge is -2.33. The van der Waals surface area contributed by atoms with Crippen LogP contribution in [0.2, 0.25) is 0 Å². The Morgan fingerprint density at radius 2 is 2.22 bits per heavy atom. The van der Waals surface area contributed by atoms with Gasteiger partial charge in [0.2, 0.25) is 0 Å². The molecule has 0 saturated carbocycles. The molecule has 100 valence electrons. The molecule has 0 aromatic heterocycles. The van der Waals surface area contributed by atoms with Crippen molar-refractivity contribution in [3.8, 4) is 11.5 Å². The fourth-order valence-corrected chi connectivity index (χ4v) is 2.36. The molecule has 1 aromatic rings. The smallest absolute Gasteiger partial charge is 0.128 e. The first kappa shape index (κ1) is 13.2. The lowest BCUT2D eigenvalue weighted by atomic mass is 9.91. The minimum Gasteiger partial charge on any atom is -0.497 e. The van der Waals surface area contributed by atoms with Crippen LogP contribution in [0.15, 0.2) is 18.2 Å². The van der Waals surface area contributed by atoms with E-state index in [-0.39, 0.29) is 12.1 Å². The zero-order valence-electron chi connectivity index (χ0n) is 11.2. The van der Waals surface area contributed by atoms with Crippen LogP contribution in [0.1, 0.15) is 24.9 Å². The van der Waals surface area contributed by atoms with Crippen molar-refractivity contribution in [1.29, 1.82) is 0 Å². The van der Waals surface area contributed by atoms with Crippen LogP contribution in [-0.4, -0.2) is 26.9 Å². The van der Waals surface area contributed by atoms with Crippen LogP contribution in [-0.2, 0) is 4.74 Å². The lowest BCUT2D eigenvalue weighted by Crippen LogP contribution is -2.35. The maximum absolute atomic E-state index is 6.20. The Morgan fingerprint density at radius 1 is 1.44 bits per heavy atom. The van der Waals surface area contributed by atoms with E-state index in [9.17, 15) is 0 Å². The van der Waals surface area contributed by atoms with Gasteiger partial charge in [-0.15, -0.1) is 0 Å². The molecule has 1 aliphatic rings. The fraction of sp³-hybridized carbons (Fsp3) is 0.571. The third-order valence-electron chi connectivity index (χ3n) is 3.45. The minimum atomic E-state index is 0.0176. The second-order valence-corrected chi connectivity index (χ2v) is 4.83. The van der Waals surface area contributed by atoms with Crippen molar-refractivity contribution in [1.82, 2.24) is 0 Å². The molecule has 3 atom stereocenters. The van der Waals surface area contributed by atoms with Crippen LogP contribution in [0, 0.1) is 5.92 Å². The summed E-state index contributed by atoms with van der Waals surface area (Å²) in [6, 6.07) is 5.82. The molecule has 4 nitrogen and oxygen atoms in total. The monoisotopic (exact) mass is 251 g/mol. The maximum atomic E-state index is 6.20. The summed E-state index contributed by atoms with van der Waals surface area (Å²) in [7, 11) is 3.35. The van der Waals surface area contributed by atoms with E-state index in [1.54, 1.807) is 14.2 Å². The highest BCUT2D eigenvalue weighted by atomic mass is 16.5. The lowest BCUT2D eigenvalue weighted by molar-refractivity contribution is 0.0536. The average molecular weight is 251 g/mol. The van der Waals surface area contributed by atoms with Gasteiger partial charge in [-0.1, -0.05) is 13.0 Å². The summed E-state index contributed by atoms with van der Waals surface area (Å²) in [5.74, 6) is 1.95. The summed E-state index contributed by atoms with van der Waals surface area (Å²) in [5, 5.41) is 0. The van der Waals surface area contributed by atoms with Crippen LogP contribution >= 0.6 is 0 Å². The van der Waals surface area contributed by atoms with Crippen molar-refractivity contribution in [2.24, 2.45) is 11.7 Å². The zero-order valence-corrected chi connectivity index (χ0v) is 11.2. The second-order valence-electron chi connectivity index (χ2n) is 4.83. The van der Waals surface area contributed by atoms with Crippen molar-refractivity contribution in [2.45, 2.75) is 25.5 Å². The van der Waals surface area contributed by atoms with Gasteiger partial charge in [0.1, 0.15) is 17.6 Å². The molecule has 1 aliphatic heterocycles. The second kappa shape index (κ2) is 5.59. The molecule has 2 N–H and O–H groups in total. The molecular weight excluding hydrogens is 230 g/mol. The van der Waals surface area contributed by atoms with Crippen LogP contribution < -0.4 is 15.2 Å². The topological polar surface area (TPSA) is 53.7 Å². The van der Waals surface area contributed by atoms with Gasteiger partial charge in [0.15, 0.2) is 0 Å². The number of hydrogen-bond donors (Lipinski definition) is 1. The highest BCUT2D eigenvalue weighted by Crippen LogP contribution is 2.37. The van der Waals surface area contributed by atoms with E-state index >= 15 is 0 Å². The van der Waals surface area contributed by atoms with Gasteiger partial charge in [-0.2, -0.15) is 0 Å². The Bertz CT molecular complexity index is 408. The van der Waals surface area contributed by atoms with E-state index < -0.39 is 0 Å². The molecule has 0 saturated heterocycles. The molecule has 0 amide bonds. The predicted molar refractivity (Wildman–Crippen MR) is 70.0 cm³/mol. The van der Waals surface area contributed by atoms with E-state index in [0.29, 0.717) is 12.5 Å². The maximum Gasteiger partial charge on any atom is 0.128 e. The van der Waals surface area contributed by atoms with E-state index in [1.807, 2.05) is 18.2 Å². The first-order chi connectivity index (χ1) is 8.65. The number of benzene rings is 1. The van der Waals surface area contributed by atoms with E-state index in [0.717, 1.165) is 23.5 Å². The van der Waals surface area contributed by atoms with E-state index in [2.05, 4.69) is 6.92 Å². The third kappa shape index (κ3) is 2.60. The van der Waals surface area contributed by atoms with Gasteiger partial charge >= 0.3 is 0 Å². The third-order valence-corrected chi connectivity index (χ3v) is 3.45. The number of hydrogen-bond acceptors (Lipinski definition) is 4. The van der Waals surface area contributed by atoms with Gasteiger partial charge in [0, 0.05) is 37.1 Å². The fourth-order valence-electron chi connectivity index (χ4n) is 2.36. The Balaban J connectivity index is 2.20. The van der Waals surface area contributed by atoms with E-state index in [1.165, 1.54) is 0 Å². The molecule has 0 bridgehead atoms. The molecule has 2 rings (SSSR count). The number of methoxy groups -OCH3 is 2. The molecule has 1 heterocycles. The predicted octanol–water partition coefficient (Wildman–Crippen LogP) is 2.13. The van der Waals surface area contributed by atoms with Crippen molar-refractivity contribution >= 4 is 0 Å². The summed E-state index contributed by atoms with van der Waals surface area (Å²) in [6.07, 6.45) is 0.920. The quantitative estimate of drug-likeness (QED) is 0.890. The van der Waals surface area contributed by atoms with Gasteiger partial charge in [-0.25, -0.2) is 0 Å². The van der Waals surface area contributed by atoms with Gasteiger partial charge in [0.25, 0.3) is 0 Å². The molecule has 0 spiro atoms. The van der Waals surface area contributed by atoms with Crippen molar-refractivity contribution in [3.63, 3.8) is 0 Å². The summed E-state index contributed by atoms with van der Waals surface area (Å²) in [4.78, 5) is 0. The molecule has 18 heavy (non-hydrogen) atoms. The Kier molecular flexibility index (Phi) is 4.09. The molecule has 4 heteroatoms. The number of nitrogens with two attached hydrogens (primary N) is 1. The number of rotatable bonds is 4. The average Bonchev–Trinajstić information content (AvgIpc) is 2.38. The van der Waals surface area contributed by atoms with Crippen LogP contribution in [0.3, 0.4) is 0 Å². The molecule has 0 radical (unpaired) electrons. The van der Waals surface area contributed by atoms with Gasteiger partial charge in [-0.05, 0) is 6.07 Å². The molecule has 1 aromatic carbocycles. The number of ether oxygens (including phenoxy) is 3. The Morgan fingerprint density at radius 3 is 2.89 bits per heavy atom. The highest BCUT2D eigenvalue weighted by molar-refractivity contribution is 5.43. The summed E-state index contributed by atoms with van der Waals surface area (Å²) >= 11 is 0. The van der Waals surface area contributed by atoms with Crippen molar-refractivity contribution in [3.05, 3.63) is 23.8 Å². The Hall–Kier alpha value is -1.26. The van der Waals surface area contributed by atoms with Crippen molar-refractivity contribution in [2.75, 3.05) is 20.8 Å². The first-order valence-corrected chi connectivity index (χ1v) is 6.24. The highest BCUT2D eigenvalue weighted by Gasteiger charge is 2.29. The van der Waals surface area contributed by atoms with Gasteiger partial charge < -0.3 is 19.9 Å². The van der Waals surface area contributed by atoms with Crippen LogP contribution in [0.4, 0.5) is 0 Å². The van der Waals surface area contributed by atoms with E-state index in [4.69, 9.17) is 19.9 Å². The van der Waals surface area contributed by atoms with Crippen molar-refractivity contribution < 1.29 is 14.2 Å². The Labute approximate surface area is 108 Å².